The molecule has 0 aliphatic heterocycles. The quantitative estimate of drug-likeness (QED) is 0.0205. The van der Waals surface area contributed by atoms with Gasteiger partial charge in [-0.2, -0.15) is 0 Å². The van der Waals surface area contributed by atoms with Gasteiger partial charge in [-0.15, -0.1) is 0 Å². The van der Waals surface area contributed by atoms with Crippen molar-refractivity contribution in [2.45, 2.75) is 309 Å². The largest absolute Gasteiger partial charge is 0.472 e. The fourth-order valence-corrected chi connectivity index (χ4v) is 10.2. The predicted octanol–water partition coefficient (Wildman–Crippen LogP) is 21.0. The van der Waals surface area contributed by atoms with Crippen molar-refractivity contribution in [1.29, 1.82) is 0 Å². The monoisotopic (exact) mass is 1140 g/mol. The summed E-state index contributed by atoms with van der Waals surface area (Å²) in [7, 11) is 1.47. The Bertz CT molecular complexity index is 1640. The molecule has 3 unspecified atom stereocenters. The van der Waals surface area contributed by atoms with Crippen LogP contribution in [0.2, 0.25) is 0 Å². The van der Waals surface area contributed by atoms with E-state index in [0.717, 1.165) is 89.9 Å². The van der Waals surface area contributed by atoms with Crippen molar-refractivity contribution in [1.82, 2.24) is 5.32 Å². The molecule has 0 aliphatic rings. The van der Waals surface area contributed by atoms with E-state index in [1.807, 2.05) is 33.3 Å². The number of ether oxygens (including phenoxy) is 1. The number of hydrogen-bond donors (Lipinski definition) is 2. The lowest BCUT2D eigenvalue weighted by Gasteiger charge is -2.27. The van der Waals surface area contributed by atoms with Crippen LogP contribution in [-0.4, -0.2) is 74.3 Å². The maximum atomic E-state index is 13.6. The van der Waals surface area contributed by atoms with Gasteiger partial charge >= 0.3 is 13.8 Å². The van der Waals surface area contributed by atoms with Crippen LogP contribution in [0.25, 0.3) is 0 Å². The first-order valence-electron chi connectivity index (χ1n) is 33.4. The molecule has 0 aromatic carbocycles. The maximum Gasteiger partial charge on any atom is 0.472 e. The van der Waals surface area contributed by atoms with Crippen LogP contribution in [0, 0.1) is 0 Å². The molecule has 10 heteroatoms. The number of quaternary nitrogens is 1. The average Bonchev–Trinajstić information content (AvgIpc) is 3.42. The van der Waals surface area contributed by atoms with E-state index in [2.05, 4.69) is 99.0 Å². The second-order valence-corrected chi connectivity index (χ2v) is 25.1. The minimum atomic E-state index is -4.46. The fraction of sp³-hybridized carbons (Fsp3) is 0.771. The number of allylic oxidation sites excluding steroid dienone is 13. The first-order chi connectivity index (χ1) is 38.9. The number of carbonyl (C=O) groups is 2. The summed E-state index contributed by atoms with van der Waals surface area (Å²) >= 11 is 0. The normalized spacial score (nSPS) is 14.1. The lowest BCUT2D eigenvalue weighted by Crippen LogP contribution is -2.47. The number of phosphoric acid groups is 1. The molecule has 0 rings (SSSR count). The number of amides is 1. The van der Waals surface area contributed by atoms with E-state index in [9.17, 15) is 19.0 Å². The molecule has 464 valence electrons. The lowest BCUT2D eigenvalue weighted by atomic mass is 10.0. The Hall–Kier alpha value is -2.81. The Kier molecular flexibility index (Phi) is 57.3. The van der Waals surface area contributed by atoms with E-state index in [4.69, 9.17) is 13.8 Å². The fourth-order valence-electron chi connectivity index (χ4n) is 9.43. The minimum Gasteiger partial charge on any atom is -0.456 e. The zero-order valence-electron chi connectivity index (χ0n) is 53.1. The zero-order chi connectivity index (χ0) is 58.6. The first kappa shape index (κ1) is 77.2. The van der Waals surface area contributed by atoms with Gasteiger partial charge in [-0.05, 0) is 102 Å². The number of unbranched alkanes of at least 4 members (excludes halogenated alkanes) is 32. The number of likely N-dealkylation sites (N-methyl/N-ethyl adjacent to an activating group) is 1. The minimum absolute atomic E-state index is 0.0309. The summed E-state index contributed by atoms with van der Waals surface area (Å²) in [5.74, 6) is -0.539. The first-order valence-corrected chi connectivity index (χ1v) is 34.9. The summed E-state index contributed by atoms with van der Waals surface area (Å²) in [6.45, 7) is 6.89. The van der Waals surface area contributed by atoms with Crippen LogP contribution in [0.3, 0.4) is 0 Å². The molecule has 0 aromatic rings. The van der Waals surface area contributed by atoms with Crippen LogP contribution < -0.4 is 5.32 Å². The van der Waals surface area contributed by atoms with Gasteiger partial charge in [0.1, 0.15) is 19.3 Å². The Morgan fingerprint density at radius 3 is 1.23 bits per heavy atom. The smallest absolute Gasteiger partial charge is 0.456 e. The molecular weight excluding hydrogens is 1010 g/mol. The van der Waals surface area contributed by atoms with E-state index in [-0.39, 0.29) is 31.5 Å². The van der Waals surface area contributed by atoms with Gasteiger partial charge in [0, 0.05) is 12.8 Å². The highest BCUT2D eigenvalue weighted by molar-refractivity contribution is 7.47. The van der Waals surface area contributed by atoms with Crippen molar-refractivity contribution < 1.29 is 37.3 Å². The molecule has 0 bridgehead atoms. The highest BCUT2D eigenvalue weighted by Crippen LogP contribution is 2.43. The van der Waals surface area contributed by atoms with Crippen molar-refractivity contribution in [3.63, 3.8) is 0 Å². The highest BCUT2D eigenvalue weighted by Gasteiger charge is 2.30. The Morgan fingerprint density at radius 1 is 0.450 bits per heavy atom. The number of hydrogen-bond acceptors (Lipinski definition) is 6. The molecule has 0 fully saturated rings. The van der Waals surface area contributed by atoms with Crippen molar-refractivity contribution in [3.8, 4) is 0 Å². The maximum absolute atomic E-state index is 13.6. The van der Waals surface area contributed by atoms with Crippen LogP contribution in [0.5, 0.6) is 0 Å². The van der Waals surface area contributed by atoms with Gasteiger partial charge in [0.2, 0.25) is 5.91 Å². The standard InChI is InChI=1S/C70H127N2O7P/c1-7-10-13-16-19-22-25-28-30-32-34-35-36-37-39-41-43-45-48-51-54-57-60-63-70(74)79-68(61-58-55-52-49-46-27-24-21-18-15-12-9-3)67(66-78-80(75,76)77-65-64-72(4,5)6)71-69(73)62-59-56-53-50-47-44-42-40-38-33-31-29-26-23-20-17-14-11-8-2/h11,14,20,23,28-31,38,40,44,47,58,61,67-68H,7-10,12-13,15-19,21-22,24-27,32-37,39,41-43,45-46,48-57,59-60,62-66H2,1-6H3,(H-,71,73,75,76)/p+1/b14-11-,23-20-,30-28+,31-29-,40-38-,47-44-,61-58+. The molecule has 0 saturated carbocycles. The Labute approximate surface area is 495 Å². The molecule has 0 saturated heterocycles. The summed E-state index contributed by atoms with van der Waals surface area (Å²) < 4.78 is 30.7. The Morgan fingerprint density at radius 2 is 0.800 bits per heavy atom. The summed E-state index contributed by atoms with van der Waals surface area (Å²) in [5.41, 5.74) is 0. The van der Waals surface area contributed by atoms with Crippen molar-refractivity contribution >= 4 is 19.7 Å². The number of carbonyl (C=O) groups excluding carboxylic acids is 2. The van der Waals surface area contributed by atoms with Gasteiger partial charge in [-0.1, -0.05) is 267 Å². The van der Waals surface area contributed by atoms with Gasteiger partial charge in [-0.3, -0.25) is 18.6 Å². The van der Waals surface area contributed by atoms with Gasteiger partial charge < -0.3 is 19.4 Å². The van der Waals surface area contributed by atoms with E-state index in [0.29, 0.717) is 23.9 Å². The summed E-state index contributed by atoms with van der Waals surface area (Å²) in [6.07, 6.45) is 78.8. The number of esters is 1. The lowest BCUT2D eigenvalue weighted by molar-refractivity contribution is -0.870. The molecule has 3 atom stereocenters. The zero-order valence-corrected chi connectivity index (χ0v) is 54.0. The van der Waals surface area contributed by atoms with Crippen LogP contribution in [-0.2, 0) is 27.9 Å². The van der Waals surface area contributed by atoms with Gasteiger partial charge in [0.05, 0.1) is 33.8 Å². The molecule has 0 radical (unpaired) electrons. The predicted molar refractivity (Wildman–Crippen MR) is 346 cm³/mol. The van der Waals surface area contributed by atoms with E-state index in [1.165, 1.54) is 167 Å². The van der Waals surface area contributed by atoms with Gasteiger partial charge in [-0.25, -0.2) is 4.57 Å². The van der Waals surface area contributed by atoms with Crippen molar-refractivity contribution in [2.24, 2.45) is 0 Å². The molecule has 1 amide bonds. The second kappa shape index (κ2) is 59.4. The van der Waals surface area contributed by atoms with Gasteiger partial charge in [0.15, 0.2) is 0 Å². The molecule has 0 aliphatic carbocycles. The number of nitrogens with zero attached hydrogens (tertiary/aromatic N) is 1. The number of phosphoric ester groups is 1. The molecular formula is C70H128N2O7P+. The highest BCUT2D eigenvalue weighted by atomic mass is 31.2. The molecule has 2 N–H and O–H groups in total. The summed E-state index contributed by atoms with van der Waals surface area (Å²) in [6, 6.07) is -0.869. The van der Waals surface area contributed by atoms with Crippen LogP contribution in [0.15, 0.2) is 85.1 Å². The summed E-state index contributed by atoms with van der Waals surface area (Å²) in [4.78, 5) is 37.8. The van der Waals surface area contributed by atoms with Crippen LogP contribution >= 0.6 is 7.82 Å². The SMILES string of the molecule is CC/C=C\C/C=C\C/C=C\C/C=C\C/C=C\CCCCCC(=O)NC(COP(=O)(O)OCC[N+](C)(C)C)C(/C=C/CCCCCCCCCCCC)OC(=O)CCCCCCCCCCCCCCC/C=C/CCCCCCCC. The van der Waals surface area contributed by atoms with E-state index in [1.54, 1.807) is 0 Å². The third-order valence-corrected chi connectivity index (χ3v) is 15.6. The van der Waals surface area contributed by atoms with E-state index >= 15 is 0 Å². The average molecular weight is 1140 g/mol. The van der Waals surface area contributed by atoms with Crippen LogP contribution in [0.1, 0.15) is 297 Å². The Balaban J connectivity index is 5.19. The topological polar surface area (TPSA) is 111 Å². The van der Waals surface area contributed by atoms with Gasteiger partial charge in [0.25, 0.3) is 0 Å². The number of nitrogens with one attached hydrogen (secondary N) is 1. The molecule has 0 heterocycles. The van der Waals surface area contributed by atoms with Crippen molar-refractivity contribution in [2.75, 3.05) is 40.9 Å². The van der Waals surface area contributed by atoms with Crippen LogP contribution in [0.4, 0.5) is 0 Å². The second-order valence-electron chi connectivity index (χ2n) is 23.6. The summed E-state index contributed by atoms with van der Waals surface area (Å²) in [5, 5.41) is 3.04. The molecule has 9 nitrogen and oxygen atoms in total. The third-order valence-electron chi connectivity index (χ3n) is 14.6. The molecule has 0 spiro atoms. The number of rotatable bonds is 60. The van der Waals surface area contributed by atoms with E-state index < -0.39 is 20.0 Å². The molecule has 80 heavy (non-hydrogen) atoms. The molecule has 0 aromatic heterocycles. The third kappa shape index (κ3) is 59.8. The van der Waals surface area contributed by atoms with Crippen molar-refractivity contribution in [3.05, 3.63) is 85.1 Å².